The highest BCUT2D eigenvalue weighted by molar-refractivity contribution is 7.89. The zero-order valence-corrected chi connectivity index (χ0v) is 18.9. The van der Waals surface area contributed by atoms with Crippen molar-refractivity contribution in [1.29, 1.82) is 0 Å². The van der Waals surface area contributed by atoms with Crippen molar-refractivity contribution in [1.82, 2.24) is 14.9 Å². The second-order valence-corrected chi connectivity index (χ2v) is 9.75. The maximum atomic E-state index is 13.3. The predicted molar refractivity (Wildman–Crippen MR) is 133 cm³/mol. The molecule has 3 N–H and O–H groups in total. The van der Waals surface area contributed by atoms with Crippen LogP contribution in [0.3, 0.4) is 0 Å². The minimum atomic E-state index is -3.96. The monoisotopic (exact) mass is 470 g/mol. The first-order chi connectivity index (χ1) is 16.5. The Labute approximate surface area is 196 Å². The second kappa shape index (κ2) is 9.09. The van der Waals surface area contributed by atoms with E-state index in [1.54, 1.807) is 36.5 Å². The molecule has 0 saturated heterocycles. The highest BCUT2D eigenvalue weighted by Gasteiger charge is 2.26. The van der Waals surface area contributed by atoms with Crippen LogP contribution in [0.25, 0.3) is 21.7 Å². The fourth-order valence-electron chi connectivity index (χ4n) is 3.87. The van der Waals surface area contributed by atoms with Gasteiger partial charge in [0.15, 0.2) is 0 Å². The number of anilines is 1. The molecular formula is C26H22N4O3S. The number of hydrogen-bond acceptors (Lipinski definition) is 4. The summed E-state index contributed by atoms with van der Waals surface area (Å²) in [5, 5.41) is 12.3. The SMILES string of the molecule is O=C(Nc1ccc2cn[nH]c2c1)[C@H](Cc1ccccc1)NS(=O)(=O)c1ccc2ccccc2c1. The summed E-state index contributed by atoms with van der Waals surface area (Å²) in [6, 6.07) is 26.1. The summed E-state index contributed by atoms with van der Waals surface area (Å²) in [6.45, 7) is 0. The molecule has 1 amide bonds. The van der Waals surface area contributed by atoms with Gasteiger partial charge in [-0.2, -0.15) is 9.82 Å². The van der Waals surface area contributed by atoms with E-state index in [4.69, 9.17) is 0 Å². The quantitative estimate of drug-likeness (QED) is 0.331. The maximum absolute atomic E-state index is 13.3. The number of fused-ring (bicyclic) bond motifs is 2. The lowest BCUT2D eigenvalue weighted by molar-refractivity contribution is -0.117. The van der Waals surface area contributed by atoms with Crippen LogP contribution in [0.15, 0.2) is 102 Å². The summed E-state index contributed by atoms with van der Waals surface area (Å²) >= 11 is 0. The molecule has 0 unspecified atom stereocenters. The van der Waals surface area contributed by atoms with Crippen LogP contribution in [-0.4, -0.2) is 30.6 Å². The zero-order valence-electron chi connectivity index (χ0n) is 18.1. The van der Waals surface area contributed by atoms with E-state index in [9.17, 15) is 13.2 Å². The first-order valence-corrected chi connectivity index (χ1v) is 12.3. The van der Waals surface area contributed by atoms with Gasteiger partial charge in [-0.15, -0.1) is 0 Å². The Hall–Kier alpha value is -4.01. The van der Waals surface area contributed by atoms with Gasteiger partial charge in [-0.3, -0.25) is 9.89 Å². The standard InChI is InChI=1S/C26H22N4O3S/c31-26(28-22-12-10-21-17-27-29-24(21)16-22)25(14-18-6-2-1-3-7-18)30-34(32,33)23-13-11-19-8-4-5-9-20(19)15-23/h1-13,15-17,25,30H,14H2,(H,27,29)(H,28,31)/t25-/m0/s1. The van der Waals surface area contributed by atoms with Crippen LogP contribution in [0.2, 0.25) is 0 Å². The fourth-order valence-corrected chi connectivity index (χ4v) is 5.10. The third-order valence-electron chi connectivity index (χ3n) is 5.64. The highest BCUT2D eigenvalue weighted by atomic mass is 32.2. The smallest absolute Gasteiger partial charge is 0.242 e. The molecular weight excluding hydrogens is 448 g/mol. The Morgan fingerprint density at radius 3 is 2.41 bits per heavy atom. The van der Waals surface area contributed by atoms with Gasteiger partial charge in [0, 0.05) is 11.1 Å². The van der Waals surface area contributed by atoms with Gasteiger partial charge in [0.25, 0.3) is 0 Å². The number of amides is 1. The molecule has 4 aromatic carbocycles. The van der Waals surface area contributed by atoms with Crippen LogP contribution >= 0.6 is 0 Å². The van der Waals surface area contributed by atoms with Crippen molar-refractivity contribution in [2.45, 2.75) is 17.4 Å². The molecule has 0 spiro atoms. The summed E-state index contributed by atoms with van der Waals surface area (Å²) in [7, 11) is -3.96. The van der Waals surface area contributed by atoms with Gasteiger partial charge < -0.3 is 5.32 Å². The molecule has 0 aliphatic rings. The summed E-state index contributed by atoms with van der Waals surface area (Å²) in [6.07, 6.45) is 1.89. The Kier molecular flexibility index (Phi) is 5.83. The van der Waals surface area contributed by atoms with Gasteiger partial charge in [-0.25, -0.2) is 8.42 Å². The third kappa shape index (κ3) is 4.68. The number of hydrogen-bond donors (Lipinski definition) is 3. The molecule has 34 heavy (non-hydrogen) atoms. The minimum absolute atomic E-state index is 0.107. The Morgan fingerprint density at radius 1 is 0.853 bits per heavy atom. The van der Waals surface area contributed by atoms with Crippen LogP contribution in [0.4, 0.5) is 5.69 Å². The van der Waals surface area contributed by atoms with Crippen LogP contribution in [-0.2, 0) is 21.2 Å². The van der Waals surface area contributed by atoms with Crippen molar-refractivity contribution in [3.05, 3.63) is 103 Å². The molecule has 5 aromatic rings. The number of rotatable bonds is 7. The maximum Gasteiger partial charge on any atom is 0.242 e. The first-order valence-electron chi connectivity index (χ1n) is 10.8. The van der Waals surface area contributed by atoms with Crippen molar-refractivity contribution in [2.24, 2.45) is 0 Å². The van der Waals surface area contributed by atoms with Crippen molar-refractivity contribution in [3.63, 3.8) is 0 Å². The van der Waals surface area contributed by atoms with Gasteiger partial charge in [-0.05, 0) is 53.1 Å². The molecule has 1 atom stereocenters. The number of sulfonamides is 1. The van der Waals surface area contributed by atoms with Crippen molar-refractivity contribution in [3.8, 4) is 0 Å². The van der Waals surface area contributed by atoms with E-state index in [0.717, 1.165) is 27.2 Å². The molecule has 5 rings (SSSR count). The lowest BCUT2D eigenvalue weighted by atomic mass is 10.1. The van der Waals surface area contributed by atoms with Gasteiger partial charge in [-0.1, -0.05) is 60.7 Å². The third-order valence-corrected chi connectivity index (χ3v) is 7.11. The summed E-state index contributed by atoms with van der Waals surface area (Å²) in [5.74, 6) is -0.452. The second-order valence-electron chi connectivity index (χ2n) is 8.03. The Balaban J connectivity index is 1.43. The lowest BCUT2D eigenvalue weighted by Gasteiger charge is -2.19. The van der Waals surface area contributed by atoms with Gasteiger partial charge in [0.2, 0.25) is 15.9 Å². The summed E-state index contributed by atoms with van der Waals surface area (Å²) in [4.78, 5) is 13.4. The van der Waals surface area contributed by atoms with Crippen molar-refractivity contribution in [2.75, 3.05) is 5.32 Å². The van der Waals surface area contributed by atoms with Crippen LogP contribution < -0.4 is 10.0 Å². The topological polar surface area (TPSA) is 104 Å². The van der Waals surface area contributed by atoms with E-state index in [-0.39, 0.29) is 11.3 Å². The van der Waals surface area contributed by atoms with Crippen molar-refractivity contribution < 1.29 is 13.2 Å². The molecule has 0 fully saturated rings. The van der Waals surface area contributed by atoms with E-state index in [2.05, 4.69) is 20.2 Å². The lowest BCUT2D eigenvalue weighted by Crippen LogP contribution is -2.45. The minimum Gasteiger partial charge on any atom is -0.325 e. The van der Waals surface area contributed by atoms with E-state index in [1.165, 1.54) is 0 Å². The van der Waals surface area contributed by atoms with Gasteiger partial charge in [0.1, 0.15) is 6.04 Å². The highest BCUT2D eigenvalue weighted by Crippen LogP contribution is 2.21. The molecule has 0 bridgehead atoms. The Bertz CT molecular complexity index is 1580. The number of aromatic amines is 1. The molecule has 0 aliphatic heterocycles. The molecule has 8 heteroatoms. The molecule has 1 aromatic heterocycles. The average Bonchev–Trinajstić information content (AvgIpc) is 3.32. The van der Waals surface area contributed by atoms with Gasteiger partial charge in [0.05, 0.1) is 16.6 Å². The first kappa shape index (κ1) is 21.8. The van der Waals surface area contributed by atoms with Gasteiger partial charge >= 0.3 is 0 Å². The average molecular weight is 471 g/mol. The van der Waals surface area contributed by atoms with E-state index in [1.807, 2.05) is 60.7 Å². The number of nitrogens with zero attached hydrogens (tertiary/aromatic N) is 1. The van der Waals surface area contributed by atoms with E-state index < -0.39 is 22.0 Å². The number of aromatic nitrogens is 2. The number of benzene rings is 4. The van der Waals surface area contributed by atoms with E-state index in [0.29, 0.717) is 5.69 Å². The van der Waals surface area contributed by atoms with Crippen LogP contribution in [0.5, 0.6) is 0 Å². The molecule has 0 radical (unpaired) electrons. The fraction of sp³-hybridized carbons (Fsp3) is 0.0769. The molecule has 7 nitrogen and oxygen atoms in total. The van der Waals surface area contributed by atoms with Crippen LogP contribution in [0, 0.1) is 0 Å². The zero-order chi connectivity index (χ0) is 23.5. The predicted octanol–water partition coefficient (Wildman–Crippen LogP) is 4.24. The normalized spacial score (nSPS) is 12.6. The van der Waals surface area contributed by atoms with E-state index >= 15 is 0 Å². The van der Waals surface area contributed by atoms with Crippen LogP contribution in [0.1, 0.15) is 5.56 Å². The molecule has 170 valence electrons. The Morgan fingerprint density at radius 2 is 1.59 bits per heavy atom. The molecule has 0 saturated carbocycles. The number of carbonyl (C=O) groups is 1. The largest absolute Gasteiger partial charge is 0.325 e. The number of H-pyrrole nitrogens is 1. The summed E-state index contributed by atoms with van der Waals surface area (Å²) < 4.78 is 29.2. The number of carbonyl (C=O) groups excluding carboxylic acids is 1. The molecule has 0 aliphatic carbocycles. The number of nitrogens with one attached hydrogen (secondary N) is 3. The molecule has 1 heterocycles. The van der Waals surface area contributed by atoms with Crippen molar-refractivity contribution >= 4 is 43.3 Å². The summed E-state index contributed by atoms with van der Waals surface area (Å²) in [5.41, 5.74) is 2.16.